The molecule has 6 heteroatoms. The lowest BCUT2D eigenvalue weighted by Gasteiger charge is -2.24. The van der Waals surface area contributed by atoms with Crippen molar-refractivity contribution in [3.63, 3.8) is 0 Å². The van der Waals surface area contributed by atoms with Gasteiger partial charge in [-0.05, 0) is 36.6 Å². The van der Waals surface area contributed by atoms with E-state index < -0.39 is 0 Å². The minimum Gasteiger partial charge on any atom is -0.377 e. The number of carbonyl (C=O) groups is 1. The zero-order valence-electron chi connectivity index (χ0n) is 14.3. The van der Waals surface area contributed by atoms with E-state index >= 15 is 0 Å². The Bertz CT molecular complexity index is 645. The Labute approximate surface area is 148 Å². The Morgan fingerprint density at radius 2 is 2.24 bits per heavy atom. The maximum Gasteiger partial charge on any atom is 0.234 e. The molecule has 0 aromatic carbocycles. The van der Waals surface area contributed by atoms with Gasteiger partial charge in [0.25, 0.3) is 0 Å². The summed E-state index contributed by atoms with van der Waals surface area (Å²) in [6.07, 6.45) is 7.69. The maximum absolute atomic E-state index is 12.4. The van der Waals surface area contributed by atoms with E-state index in [1.807, 2.05) is 36.5 Å². The van der Waals surface area contributed by atoms with Crippen LogP contribution in [-0.2, 0) is 22.6 Å². The molecule has 0 aliphatic carbocycles. The SMILES string of the molecule is O=C(CN(Cc1cccnc1)C[C@H]1CCCO1)NCc1ccccn1. The monoisotopic (exact) mass is 340 g/mol. The largest absolute Gasteiger partial charge is 0.377 e. The van der Waals surface area contributed by atoms with Crippen molar-refractivity contribution in [2.75, 3.05) is 19.7 Å². The van der Waals surface area contributed by atoms with Crippen molar-refractivity contribution < 1.29 is 9.53 Å². The van der Waals surface area contributed by atoms with Crippen LogP contribution in [0.15, 0.2) is 48.9 Å². The van der Waals surface area contributed by atoms with Crippen LogP contribution in [0.2, 0.25) is 0 Å². The summed E-state index contributed by atoms with van der Waals surface area (Å²) < 4.78 is 5.73. The second-order valence-electron chi connectivity index (χ2n) is 6.26. The van der Waals surface area contributed by atoms with Crippen LogP contribution in [-0.4, -0.2) is 46.6 Å². The van der Waals surface area contributed by atoms with Crippen LogP contribution in [0.5, 0.6) is 0 Å². The van der Waals surface area contributed by atoms with Gasteiger partial charge in [0.15, 0.2) is 0 Å². The van der Waals surface area contributed by atoms with Gasteiger partial charge < -0.3 is 10.1 Å². The average Bonchev–Trinajstić information content (AvgIpc) is 3.15. The van der Waals surface area contributed by atoms with Crippen LogP contribution in [0.4, 0.5) is 0 Å². The number of hydrogen-bond donors (Lipinski definition) is 1. The van der Waals surface area contributed by atoms with Crippen molar-refractivity contribution in [1.29, 1.82) is 0 Å². The van der Waals surface area contributed by atoms with E-state index in [-0.39, 0.29) is 12.0 Å². The predicted molar refractivity (Wildman–Crippen MR) is 94.6 cm³/mol. The molecule has 132 valence electrons. The molecular weight excluding hydrogens is 316 g/mol. The molecule has 6 nitrogen and oxygen atoms in total. The number of pyridine rings is 2. The van der Waals surface area contributed by atoms with Gasteiger partial charge in [-0.25, -0.2) is 0 Å². The Morgan fingerprint density at radius 3 is 2.96 bits per heavy atom. The van der Waals surface area contributed by atoms with E-state index in [0.29, 0.717) is 19.6 Å². The minimum atomic E-state index is -0.00691. The maximum atomic E-state index is 12.4. The molecule has 2 aromatic rings. The van der Waals surface area contributed by atoms with E-state index in [9.17, 15) is 4.79 Å². The fourth-order valence-electron chi connectivity index (χ4n) is 2.96. The molecule has 3 heterocycles. The highest BCUT2D eigenvalue weighted by atomic mass is 16.5. The summed E-state index contributed by atoms with van der Waals surface area (Å²) in [5.74, 6) is -0.00691. The number of nitrogens with zero attached hydrogens (tertiary/aromatic N) is 3. The summed E-state index contributed by atoms with van der Waals surface area (Å²) in [5, 5.41) is 2.94. The molecule has 1 fully saturated rings. The molecular formula is C19H24N4O2. The molecule has 1 aliphatic heterocycles. The highest BCUT2D eigenvalue weighted by molar-refractivity contribution is 5.77. The van der Waals surface area contributed by atoms with E-state index in [4.69, 9.17) is 4.74 Å². The van der Waals surface area contributed by atoms with Crippen molar-refractivity contribution in [1.82, 2.24) is 20.2 Å². The van der Waals surface area contributed by atoms with Gasteiger partial charge in [0, 0.05) is 38.3 Å². The van der Waals surface area contributed by atoms with Gasteiger partial charge in [-0.3, -0.25) is 19.7 Å². The third kappa shape index (κ3) is 5.92. The third-order valence-electron chi connectivity index (χ3n) is 4.17. The number of hydrogen-bond acceptors (Lipinski definition) is 5. The minimum absolute atomic E-state index is 0.00691. The van der Waals surface area contributed by atoms with Crippen molar-refractivity contribution in [3.8, 4) is 0 Å². The smallest absolute Gasteiger partial charge is 0.234 e. The van der Waals surface area contributed by atoms with E-state index in [0.717, 1.165) is 37.3 Å². The average molecular weight is 340 g/mol. The van der Waals surface area contributed by atoms with Crippen molar-refractivity contribution in [2.45, 2.75) is 32.0 Å². The molecule has 1 aliphatic rings. The van der Waals surface area contributed by atoms with E-state index in [2.05, 4.69) is 20.2 Å². The predicted octanol–water partition coefficient (Wildman–Crippen LogP) is 1.77. The lowest BCUT2D eigenvalue weighted by Crippen LogP contribution is -2.40. The zero-order valence-corrected chi connectivity index (χ0v) is 14.3. The standard InChI is InChI=1S/C19H24N4O2/c24-19(22-12-17-6-1-2-9-21-17)15-23(14-18-7-4-10-25-18)13-16-5-3-8-20-11-16/h1-3,5-6,8-9,11,18H,4,7,10,12-15H2,(H,22,24)/t18-/m1/s1. The first-order valence-corrected chi connectivity index (χ1v) is 8.69. The molecule has 0 unspecified atom stereocenters. The van der Waals surface area contributed by atoms with Crippen LogP contribution < -0.4 is 5.32 Å². The molecule has 0 bridgehead atoms. The Hall–Kier alpha value is -2.31. The zero-order chi connectivity index (χ0) is 17.3. The van der Waals surface area contributed by atoms with Crippen LogP contribution in [0.1, 0.15) is 24.1 Å². The van der Waals surface area contributed by atoms with Gasteiger partial charge >= 0.3 is 0 Å². The Morgan fingerprint density at radius 1 is 1.28 bits per heavy atom. The summed E-state index contributed by atoms with van der Waals surface area (Å²) in [5.41, 5.74) is 1.95. The van der Waals surface area contributed by atoms with Gasteiger partial charge in [-0.15, -0.1) is 0 Å². The Balaban J connectivity index is 1.54. The molecule has 3 rings (SSSR count). The quantitative estimate of drug-likeness (QED) is 0.793. The first kappa shape index (κ1) is 17.5. The summed E-state index contributed by atoms with van der Waals surface area (Å²) in [6.45, 7) is 3.04. The molecule has 1 atom stereocenters. The van der Waals surface area contributed by atoms with Gasteiger partial charge in [-0.1, -0.05) is 12.1 Å². The first-order chi connectivity index (χ1) is 12.3. The third-order valence-corrected chi connectivity index (χ3v) is 4.17. The lowest BCUT2D eigenvalue weighted by molar-refractivity contribution is -0.122. The molecule has 1 amide bonds. The molecule has 0 spiro atoms. The summed E-state index contributed by atoms with van der Waals surface area (Å²) in [6, 6.07) is 9.63. The molecule has 0 radical (unpaired) electrons. The highest BCUT2D eigenvalue weighted by Gasteiger charge is 2.21. The van der Waals surface area contributed by atoms with Crippen LogP contribution in [0.25, 0.3) is 0 Å². The van der Waals surface area contributed by atoms with Crippen molar-refractivity contribution >= 4 is 5.91 Å². The summed E-state index contributed by atoms with van der Waals surface area (Å²) >= 11 is 0. The number of carbonyl (C=O) groups excluding carboxylic acids is 1. The normalized spacial score (nSPS) is 16.9. The molecule has 25 heavy (non-hydrogen) atoms. The molecule has 2 aromatic heterocycles. The van der Waals surface area contributed by atoms with E-state index in [1.165, 1.54) is 0 Å². The van der Waals surface area contributed by atoms with Crippen LogP contribution in [0.3, 0.4) is 0 Å². The number of ether oxygens (including phenoxy) is 1. The second-order valence-corrected chi connectivity index (χ2v) is 6.26. The van der Waals surface area contributed by atoms with Crippen LogP contribution >= 0.6 is 0 Å². The highest BCUT2D eigenvalue weighted by Crippen LogP contribution is 2.14. The first-order valence-electron chi connectivity index (χ1n) is 8.69. The number of nitrogens with one attached hydrogen (secondary N) is 1. The van der Waals surface area contributed by atoms with Gasteiger partial charge in [0.2, 0.25) is 5.91 Å². The number of aromatic nitrogens is 2. The molecule has 1 N–H and O–H groups in total. The topological polar surface area (TPSA) is 67.4 Å². The number of rotatable bonds is 8. The fraction of sp³-hybridized carbons (Fsp3) is 0.421. The Kier molecular flexibility index (Phi) is 6.48. The van der Waals surface area contributed by atoms with E-state index in [1.54, 1.807) is 12.4 Å². The van der Waals surface area contributed by atoms with Gasteiger partial charge in [0.05, 0.1) is 24.9 Å². The van der Waals surface area contributed by atoms with Crippen LogP contribution in [0, 0.1) is 0 Å². The summed E-state index contributed by atoms with van der Waals surface area (Å²) in [7, 11) is 0. The molecule has 1 saturated heterocycles. The van der Waals surface area contributed by atoms with Gasteiger partial charge in [-0.2, -0.15) is 0 Å². The molecule has 0 saturated carbocycles. The summed E-state index contributed by atoms with van der Waals surface area (Å²) in [4.78, 5) is 22.9. The second kappa shape index (κ2) is 9.25. The lowest BCUT2D eigenvalue weighted by atomic mass is 10.2. The van der Waals surface area contributed by atoms with Crippen molar-refractivity contribution in [3.05, 3.63) is 60.2 Å². The van der Waals surface area contributed by atoms with Gasteiger partial charge in [0.1, 0.15) is 0 Å². The van der Waals surface area contributed by atoms with Crippen molar-refractivity contribution in [2.24, 2.45) is 0 Å². The number of amides is 1. The fourth-order valence-corrected chi connectivity index (χ4v) is 2.96.